The van der Waals surface area contributed by atoms with Gasteiger partial charge in [0.25, 0.3) is 0 Å². The van der Waals surface area contributed by atoms with Crippen molar-refractivity contribution in [3.8, 4) is 73.3 Å². The van der Waals surface area contributed by atoms with E-state index in [1.807, 2.05) is 116 Å². The number of thiophene rings is 1. The molecule has 20 heteroatoms. The molecule has 2 atom stereocenters. The van der Waals surface area contributed by atoms with Crippen LogP contribution in [0.5, 0.6) is 40.4 Å². The van der Waals surface area contributed by atoms with Crippen molar-refractivity contribution in [1.82, 2.24) is 19.9 Å². The van der Waals surface area contributed by atoms with E-state index in [4.69, 9.17) is 83.4 Å². The number of halogens is 2. The van der Waals surface area contributed by atoms with Gasteiger partial charge in [0.15, 0.2) is 11.9 Å². The molecule has 7 aromatic carbocycles. The Labute approximate surface area is 541 Å². The maximum atomic E-state index is 14.7. The van der Waals surface area contributed by atoms with Gasteiger partial charge in [-0.1, -0.05) is 96.5 Å². The summed E-state index contributed by atoms with van der Waals surface area (Å²) >= 11 is 8.90. The van der Waals surface area contributed by atoms with Gasteiger partial charge in [-0.2, -0.15) is 0 Å². The minimum absolute atomic E-state index is 0.00985. The zero-order valence-corrected chi connectivity index (χ0v) is 53.0. The van der Waals surface area contributed by atoms with E-state index in [0.717, 1.165) is 21.6 Å². The fraction of sp³-hybridized carbons (Fsp3) is 0.264. The fourth-order valence-corrected chi connectivity index (χ4v) is 12.1. The van der Waals surface area contributed by atoms with Crippen LogP contribution in [0.4, 0.5) is 4.39 Å². The van der Waals surface area contributed by atoms with Crippen molar-refractivity contribution in [2.45, 2.75) is 44.7 Å². The summed E-state index contributed by atoms with van der Waals surface area (Å²) in [7, 11) is 4.88. The lowest BCUT2D eigenvalue weighted by Gasteiger charge is -2.37. The van der Waals surface area contributed by atoms with Gasteiger partial charge in [0.1, 0.15) is 76.9 Å². The molecule has 0 spiro atoms. The average molecular weight is 1280 g/mol. The molecular formula is C72H68ClFN4O13S. The Kier molecular flexibility index (Phi) is 21.5. The molecule has 0 unspecified atom stereocenters. The van der Waals surface area contributed by atoms with Gasteiger partial charge >= 0.3 is 5.97 Å². The van der Waals surface area contributed by atoms with Crippen LogP contribution in [-0.2, 0) is 47.1 Å². The highest BCUT2D eigenvalue weighted by Gasteiger charge is 2.39. The number of para-hydroxylation sites is 1. The third kappa shape index (κ3) is 14.9. The van der Waals surface area contributed by atoms with E-state index < -0.39 is 29.6 Å². The van der Waals surface area contributed by atoms with E-state index >= 15 is 0 Å². The highest BCUT2D eigenvalue weighted by atomic mass is 35.5. The predicted octanol–water partition coefficient (Wildman–Crippen LogP) is 13.9. The molecule has 2 aliphatic rings. The van der Waals surface area contributed by atoms with Gasteiger partial charge in [0.2, 0.25) is 12.0 Å². The predicted molar refractivity (Wildman–Crippen MR) is 348 cm³/mol. The molecule has 474 valence electrons. The number of ether oxygens (including phenoxy) is 12. The largest absolute Gasteiger partial charge is 0.497 e. The fourth-order valence-electron chi connectivity index (χ4n) is 10.8. The first-order chi connectivity index (χ1) is 45.1. The Morgan fingerprint density at radius 3 is 2.12 bits per heavy atom. The first-order valence-electron chi connectivity index (χ1n) is 30.0. The number of nitrogens with zero attached hydrogens (tertiary/aromatic N) is 4. The van der Waals surface area contributed by atoms with Crippen molar-refractivity contribution < 1.29 is 66.0 Å². The van der Waals surface area contributed by atoms with Gasteiger partial charge in [0.05, 0.1) is 82.1 Å². The van der Waals surface area contributed by atoms with Gasteiger partial charge in [-0.05, 0) is 126 Å². The molecule has 4 bridgehead atoms. The number of benzene rings is 7. The summed E-state index contributed by atoms with van der Waals surface area (Å²) in [4.78, 5) is 34.7. The Hall–Kier alpha value is -9.21. The first kappa shape index (κ1) is 64.3. The molecule has 5 heterocycles. The van der Waals surface area contributed by atoms with Gasteiger partial charge in [-0.15, -0.1) is 11.3 Å². The van der Waals surface area contributed by atoms with Gasteiger partial charge in [-0.3, -0.25) is 0 Å². The lowest BCUT2D eigenvalue weighted by atomic mass is 9.80. The Balaban J connectivity index is 0.983. The normalized spacial score (nSPS) is 13.9. The Morgan fingerprint density at radius 1 is 0.707 bits per heavy atom. The van der Waals surface area contributed by atoms with Crippen molar-refractivity contribution in [3.05, 3.63) is 221 Å². The van der Waals surface area contributed by atoms with E-state index in [-0.39, 0.29) is 45.3 Å². The maximum Gasteiger partial charge on any atom is 0.347 e. The minimum atomic E-state index is -1.30. The number of esters is 1. The molecule has 0 aliphatic carbocycles. The van der Waals surface area contributed by atoms with Crippen molar-refractivity contribution in [3.63, 3.8) is 0 Å². The lowest BCUT2D eigenvalue weighted by Crippen LogP contribution is -2.39. The summed E-state index contributed by atoms with van der Waals surface area (Å²) in [6, 6.07) is 50.0. The van der Waals surface area contributed by atoms with Crippen LogP contribution in [0, 0.1) is 12.7 Å². The van der Waals surface area contributed by atoms with Gasteiger partial charge in [0, 0.05) is 35.7 Å². The molecule has 0 N–H and O–H groups in total. The second-order valence-corrected chi connectivity index (χ2v) is 22.5. The zero-order chi connectivity index (χ0) is 63.8. The van der Waals surface area contributed by atoms with E-state index in [1.165, 1.54) is 29.8 Å². The molecule has 0 saturated carbocycles. The first-order valence-corrected chi connectivity index (χ1v) is 31.1. The van der Waals surface area contributed by atoms with Crippen LogP contribution in [0.1, 0.15) is 40.4 Å². The standard InChI is InChI=1S/C72H68ClFN4O13S/c1-6-85-71(79)63-41-48-40-56(28-30-60(48)88-42-53-32-33-75-68(78-53)59-14-10-11-15-61(59)86-39-38-84-37-36-83-35-34-80-3)87-43-57(44-89-72(49-12-8-7-9-13-49,50-18-24-54(81-4)25-19-50)51-20-26-55(82-5)27-21-51)90-62-31-29-58(46(2)66(62)73)64-65-69(91-63)76-45-77-70(65)92-67(64)47-16-22-52(74)23-17-47/h7-33,40,45,57,63H,6,34-39,41-44H2,1-5H3/t57-,63+/m0/s1. The van der Waals surface area contributed by atoms with Gasteiger partial charge < -0.3 is 56.8 Å². The Morgan fingerprint density at radius 2 is 1.40 bits per heavy atom. The van der Waals surface area contributed by atoms with Crippen LogP contribution in [0.15, 0.2) is 176 Å². The molecule has 92 heavy (non-hydrogen) atoms. The molecule has 3 aromatic heterocycles. The second-order valence-electron chi connectivity index (χ2n) is 21.1. The number of methoxy groups -OCH3 is 3. The Bertz CT molecular complexity index is 4040. The molecule has 0 saturated heterocycles. The third-order valence-corrected chi connectivity index (χ3v) is 16.9. The molecule has 2 aliphatic heterocycles. The smallest absolute Gasteiger partial charge is 0.347 e. The monoisotopic (exact) mass is 1280 g/mol. The maximum absolute atomic E-state index is 14.7. The molecular weight excluding hydrogens is 1220 g/mol. The highest BCUT2D eigenvalue weighted by Crippen LogP contribution is 2.50. The average Bonchev–Trinajstić information content (AvgIpc) is 1.51. The summed E-state index contributed by atoms with van der Waals surface area (Å²) in [5.74, 6) is 2.54. The summed E-state index contributed by atoms with van der Waals surface area (Å²) in [6.07, 6.45) is 0.802. The van der Waals surface area contributed by atoms with Crippen molar-refractivity contribution in [1.29, 1.82) is 0 Å². The zero-order valence-electron chi connectivity index (χ0n) is 51.4. The van der Waals surface area contributed by atoms with E-state index in [0.29, 0.717) is 128 Å². The summed E-state index contributed by atoms with van der Waals surface area (Å²) in [5.41, 5.74) is 5.65. The molecule has 12 rings (SSSR count). The molecule has 0 amide bonds. The van der Waals surface area contributed by atoms with Crippen molar-refractivity contribution in [2.24, 2.45) is 0 Å². The molecule has 10 aromatic rings. The SMILES string of the molecule is CCOC(=O)[C@H]1Cc2cc(ccc2OCc2ccnc(-c3ccccc3OCCOCCOCCOC)n2)OC[C@@H](COC(c2ccccc2)(c2ccc(OC)cc2)c2ccc(OC)cc2)Oc2ccc(c(C)c2Cl)-c2c(-c3ccc(F)cc3)sc3ncnc(c23)O1. The van der Waals surface area contributed by atoms with E-state index in [9.17, 15) is 9.18 Å². The highest BCUT2D eigenvalue weighted by molar-refractivity contribution is 7.22. The summed E-state index contributed by atoms with van der Waals surface area (Å²) < 4.78 is 89.0. The van der Waals surface area contributed by atoms with E-state index in [1.54, 1.807) is 76.9 Å². The molecule has 17 nitrogen and oxygen atoms in total. The van der Waals surface area contributed by atoms with Crippen LogP contribution in [0.2, 0.25) is 5.02 Å². The van der Waals surface area contributed by atoms with E-state index in [2.05, 4.69) is 4.98 Å². The number of fused-ring (bicyclic) bond motifs is 7. The summed E-state index contributed by atoms with van der Waals surface area (Å²) in [5, 5.41) is 0.802. The number of rotatable bonds is 25. The molecule has 0 fully saturated rings. The number of carbonyl (C=O) groups excluding carboxylic acids is 1. The topological polar surface area (TPSA) is 179 Å². The lowest BCUT2D eigenvalue weighted by molar-refractivity contribution is -0.151. The van der Waals surface area contributed by atoms with Crippen molar-refractivity contribution >= 4 is 39.1 Å². The van der Waals surface area contributed by atoms with Crippen LogP contribution in [0.3, 0.4) is 0 Å². The number of hydrogen-bond acceptors (Lipinski definition) is 18. The summed E-state index contributed by atoms with van der Waals surface area (Å²) in [6.45, 7) is 6.05. The number of hydrogen-bond donors (Lipinski definition) is 0. The third-order valence-electron chi connectivity index (χ3n) is 15.3. The molecule has 0 radical (unpaired) electrons. The van der Waals surface area contributed by atoms with Crippen LogP contribution < -0.4 is 33.2 Å². The number of aromatic nitrogens is 4. The minimum Gasteiger partial charge on any atom is -0.497 e. The van der Waals surface area contributed by atoms with Crippen LogP contribution in [0.25, 0.3) is 43.2 Å². The second kappa shape index (κ2) is 30.7. The quantitative estimate of drug-likeness (QED) is 0.0299. The van der Waals surface area contributed by atoms with Crippen LogP contribution in [-0.4, -0.2) is 119 Å². The van der Waals surface area contributed by atoms with Crippen LogP contribution >= 0.6 is 22.9 Å². The van der Waals surface area contributed by atoms with Crippen molar-refractivity contribution in [2.75, 3.05) is 80.8 Å². The van der Waals surface area contributed by atoms with Gasteiger partial charge in [-0.25, -0.2) is 29.1 Å². The number of carbonyl (C=O) groups is 1.